The largest absolute Gasteiger partial charge is 0.344 e. The van der Waals surface area contributed by atoms with Crippen LogP contribution in [-0.2, 0) is 19.2 Å². The summed E-state index contributed by atoms with van der Waals surface area (Å²) in [7, 11) is 0. The maximum absolute atomic E-state index is 11.5. The molecule has 1 aliphatic heterocycles. The highest BCUT2D eigenvalue weighted by atomic mass is 16.2. The van der Waals surface area contributed by atoms with E-state index in [1.165, 1.54) is 0 Å². The molecule has 3 amide bonds. The lowest BCUT2D eigenvalue weighted by Gasteiger charge is -2.18. The van der Waals surface area contributed by atoms with Crippen LogP contribution < -0.4 is 5.32 Å². The molecule has 1 atom stereocenters. The van der Waals surface area contributed by atoms with Gasteiger partial charge in [0.1, 0.15) is 6.54 Å². The van der Waals surface area contributed by atoms with Crippen molar-refractivity contribution in [3.05, 3.63) is 12.2 Å². The Morgan fingerprint density at radius 1 is 1.35 bits per heavy atom. The van der Waals surface area contributed by atoms with E-state index in [0.29, 0.717) is 0 Å². The van der Waals surface area contributed by atoms with Crippen molar-refractivity contribution in [1.82, 2.24) is 10.2 Å². The van der Waals surface area contributed by atoms with E-state index in [9.17, 15) is 19.2 Å². The first-order valence-corrected chi connectivity index (χ1v) is 5.16. The fourth-order valence-corrected chi connectivity index (χ4v) is 1.28. The zero-order valence-corrected chi connectivity index (χ0v) is 9.60. The van der Waals surface area contributed by atoms with Crippen molar-refractivity contribution < 1.29 is 19.2 Å². The zero-order valence-electron chi connectivity index (χ0n) is 9.60. The van der Waals surface area contributed by atoms with Crippen molar-refractivity contribution in [2.45, 2.75) is 19.9 Å². The minimum atomic E-state index is -0.733. The molecular weight excluding hydrogens is 224 g/mol. The first-order chi connectivity index (χ1) is 7.95. The summed E-state index contributed by atoms with van der Waals surface area (Å²) in [5.74, 6) is -1.71. The van der Waals surface area contributed by atoms with Crippen LogP contribution in [-0.4, -0.2) is 41.5 Å². The second-order valence-electron chi connectivity index (χ2n) is 4.00. The first-order valence-electron chi connectivity index (χ1n) is 5.16. The van der Waals surface area contributed by atoms with E-state index in [0.717, 1.165) is 17.1 Å². The maximum atomic E-state index is 11.5. The molecule has 0 saturated heterocycles. The Bertz CT molecular complexity index is 369. The van der Waals surface area contributed by atoms with E-state index in [-0.39, 0.29) is 12.5 Å². The number of rotatable bonds is 5. The SMILES string of the molecule is CC(C)[C@@H]([C]=O)NC(=O)CN1C(=O)C=CC1=O. The highest BCUT2D eigenvalue weighted by Crippen LogP contribution is 2.03. The van der Waals surface area contributed by atoms with E-state index in [1.807, 2.05) is 0 Å². The molecule has 0 bridgehead atoms. The molecule has 1 rings (SSSR count). The van der Waals surface area contributed by atoms with Gasteiger partial charge in [-0.1, -0.05) is 13.8 Å². The van der Waals surface area contributed by atoms with Gasteiger partial charge in [0, 0.05) is 12.2 Å². The zero-order chi connectivity index (χ0) is 13.0. The van der Waals surface area contributed by atoms with Crippen LogP contribution >= 0.6 is 0 Å². The van der Waals surface area contributed by atoms with Gasteiger partial charge in [0.15, 0.2) is 0 Å². The topological polar surface area (TPSA) is 83.6 Å². The van der Waals surface area contributed by atoms with Gasteiger partial charge in [-0.15, -0.1) is 0 Å². The minimum absolute atomic E-state index is 0.0976. The van der Waals surface area contributed by atoms with Crippen molar-refractivity contribution in [2.75, 3.05) is 6.54 Å². The Labute approximate surface area is 98.6 Å². The van der Waals surface area contributed by atoms with Gasteiger partial charge >= 0.3 is 0 Å². The molecule has 0 spiro atoms. The third-order valence-corrected chi connectivity index (χ3v) is 2.31. The molecule has 1 radical (unpaired) electrons. The van der Waals surface area contributed by atoms with Crippen molar-refractivity contribution in [1.29, 1.82) is 0 Å². The van der Waals surface area contributed by atoms with Crippen LogP contribution in [0.3, 0.4) is 0 Å². The molecule has 1 heterocycles. The molecule has 17 heavy (non-hydrogen) atoms. The average Bonchev–Trinajstić information content (AvgIpc) is 2.57. The van der Waals surface area contributed by atoms with E-state index in [4.69, 9.17) is 0 Å². The Morgan fingerprint density at radius 3 is 2.29 bits per heavy atom. The molecule has 0 aromatic rings. The van der Waals surface area contributed by atoms with E-state index < -0.39 is 23.8 Å². The number of hydrogen-bond acceptors (Lipinski definition) is 4. The Morgan fingerprint density at radius 2 is 1.88 bits per heavy atom. The van der Waals surface area contributed by atoms with Crippen LogP contribution in [0.1, 0.15) is 13.8 Å². The number of nitrogens with zero attached hydrogens (tertiary/aromatic N) is 1. The molecule has 1 aliphatic rings. The number of imide groups is 1. The number of amides is 3. The normalized spacial score (nSPS) is 16.5. The summed E-state index contributed by atoms with van der Waals surface area (Å²) in [5.41, 5.74) is 0. The fourth-order valence-electron chi connectivity index (χ4n) is 1.28. The van der Waals surface area contributed by atoms with Gasteiger partial charge in [0.25, 0.3) is 11.8 Å². The van der Waals surface area contributed by atoms with Crippen LogP contribution in [0.2, 0.25) is 0 Å². The molecular formula is C11H13N2O4. The lowest BCUT2D eigenvalue weighted by atomic mass is 10.1. The fraction of sp³-hybridized carbons (Fsp3) is 0.455. The third kappa shape index (κ3) is 3.24. The van der Waals surface area contributed by atoms with Crippen LogP contribution in [0.5, 0.6) is 0 Å². The Hall–Kier alpha value is -1.98. The Kier molecular flexibility index (Phi) is 4.14. The molecule has 6 heteroatoms. The molecule has 0 unspecified atom stereocenters. The number of carbonyl (C=O) groups is 3. The van der Waals surface area contributed by atoms with Crippen molar-refractivity contribution in [3.8, 4) is 0 Å². The Balaban J connectivity index is 2.53. The minimum Gasteiger partial charge on any atom is -0.344 e. The number of hydrogen-bond donors (Lipinski definition) is 1. The number of nitrogens with one attached hydrogen (secondary N) is 1. The van der Waals surface area contributed by atoms with Gasteiger partial charge < -0.3 is 5.32 Å². The van der Waals surface area contributed by atoms with Crippen molar-refractivity contribution in [2.24, 2.45) is 5.92 Å². The van der Waals surface area contributed by atoms with Gasteiger partial charge in [-0.2, -0.15) is 0 Å². The van der Waals surface area contributed by atoms with Crippen LogP contribution in [0.25, 0.3) is 0 Å². The first kappa shape index (κ1) is 13.1. The molecule has 1 N–H and O–H groups in total. The smallest absolute Gasteiger partial charge is 0.254 e. The lowest BCUT2D eigenvalue weighted by Crippen LogP contribution is -2.46. The molecule has 0 aromatic heterocycles. The highest BCUT2D eigenvalue weighted by Gasteiger charge is 2.26. The second kappa shape index (κ2) is 5.38. The maximum Gasteiger partial charge on any atom is 0.254 e. The van der Waals surface area contributed by atoms with Crippen molar-refractivity contribution >= 4 is 24.0 Å². The lowest BCUT2D eigenvalue weighted by molar-refractivity contribution is -0.141. The molecule has 0 aromatic carbocycles. The summed E-state index contributed by atoms with van der Waals surface area (Å²) in [6.45, 7) is 3.13. The van der Waals surface area contributed by atoms with Gasteiger partial charge in [0.2, 0.25) is 12.2 Å². The summed E-state index contributed by atoms with van der Waals surface area (Å²) >= 11 is 0. The molecule has 91 valence electrons. The van der Waals surface area contributed by atoms with E-state index in [1.54, 1.807) is 20.1 Å². The summed E-state index contributed by atoms with van der Waals surface area (Å²) in [5, 5.41) is 2.40. The van der Waals surface area contributed by atoms with Gasteiger partial charge in [0.05, 0.1) is 6.04 Å². The standard InChI is InChI=1S/C11H13N2O4/c1-7(2)8(6-14)12-9(15)5-13-10(16)3-4-11(13)17/h3-4,7-8H,5H2,1-2H3,(H,12,15)/t8-/m1/s1. The molecule has 0 saturated carbocycles. The monoisotopic (exact) mass is 237 g/mol. The van der Waals surface area contributed by atoms with Crippen LogP contribution in [0, 0.1) is 5.92 Å². The molecule has 0 fully saturated rings. The predicted molar refractivity (Wildman–Crippen MR) is 58.3 cm³/mol. The van der Waals surface area contributed by atoms with Crippen LogP contribution in [0.4, 0.5) is 0 Å². The van der Waals surface area contributed by atoms with Gasteiger partial charge in [-0.25, -0.2) is 0 Å². The van der Waals surface area contributed by atoms with Gasteiger partial charge in [-0.3, -0.25) is 24.1 Å². The summed E-state index contributed by atoms with van der Waals surface area (Å²) in [6, 6.07) is -0.733. The third-order valence-electron chi connectivity index (χ3n) is 2.31. The van der Waals surface area contributed by atoms with Gasteiger partial charge in [-0.05, 0) is 5.92 Å². The summed E-state index contributed by atoms with van der Waals surface area (Å²) < 4.78 is 0. The molecule has 0 aliphatic carbocycles. The summed E-state index contributed by atoms with van der Waals surface area (Å²) in [6.07, 6.45) is 3.89. The van der Waals surface area contributed by atoms with E-state index >= 15 is 0 Å². The highest BCUT2D eigenvalue weighted by molar-refractivity contribution is 6.14. The predicted octanol–water partition coefficient (Wildman–Crippen LogP) is -0.838. The number of carbonyl (C=O) groups excluding carboxylic acids is 4. The van der Waals surface area contributed by atoms with Crippen LogP contribution in [0.15, 0.2) is 12.2 Å². The van der Waals surface area contributed by atoms with Crippen molar-refractivity contribution in [3.63, 3.8) is 0 Å². The average molecular weight is 237 g/mol. The molecule has 6 nitrogen and oxygen atoms in total. The second-order valence-corrected chi connectivity index (χ2v) is 4.00. The van der Waals surface area contributed by atoms with E-state index in [2.05, 4.69) is 5.32 Å². The quantitative estimate of drug-likeness (QED) is 0.632. The summed E-state index contributed by atoms with van der Waals surface area (Å²) in [4.78, 5) is 45.2.